The summed E-state index contributed by atoms with van der Waals surface area (Å²) in [6, 6.07) is 20.5. The average Bonchev–Trinajstić information content (AvgIpc) is 2.69. The second-order valence-electron chi connectivity index (χ2n) is 6.20. The van der Waals surface area contributed by atoms with E-state index in [0.717, 1.165) is 16.8 Å². The van der Waals surface area contributed by atoms with Gasteiger partial charge < -0.3 is 5.32 Å². The molecular formula is C21H17ClN4O. The van der Waals surface area contributed by atoms with E-state index in [1.165, 1.54) is 0 Å². The molecule has 0 radical (unpaired) electrons. The number of aromatic nitrogens is 3. The molecule has 27 heavy (non-hydrogen) atoms. The summed E-state index contributed by atoms with van der Waals surface area (Å²) in [7, 11) is 0. The molecule has 6 heteroatoms. The zero-order valence-electron chi connectivity index (χ0n) is 14.6. The minimum atomic E-state index is -0.369. The lowest BCUT2D eigenvalue weighted by Crippen LogP contribution is -2.24. The standard InChI is InChI=1S/C21H17ClN4O/c1-14(18-9-5-6-12-23-18)24-20-17-11-10-15(22)13-19(17)26(21(27)25-20)16-7-3-2-4-8-16/h2-14H,1H3,(H,24,25,27). The van der Waals surface area contributed by atoms with Gasteiger partial charge in [0.25, 0.3) is 0 Å². The van der Waals surface area contributed by atoms with E-state index >= 15 is 0 Å². The summed E-state index contributed by atoms with van der Waals surface area (Å²) in [5.41, 5.74) is 1.94. The zero-order valence-corrected chi connectivity index (χ0v) is 15.4. The number of hydrogen-bond donors (Lipinski definition) is 1. The van der Waals surface area contributed by atoms with Crippen molar-refractivity contribution in [2.45, 2.75) is 13.0 Å². The Balaban J connectivity index is 1.88. The zero-order chi connectivity index (χ0) is 18.8. The van der Waals surface area contributed by atoms with Crippen LogP contribution in [0.15, 0.2) is 77.7 Å². The number of pyridine rings is 1. The Morgan fingerprint density at radius 3 is 2.56 bits per heavy atom. The van der Waals surface area contributed by atoms with Gasteiger partial charge in [-0.2, -0.15) is 4.98 Å². The van der Waals surface area contributed by atoms with E-state index in [4.69, 9.17) is 11.6 Å². The highest BCUT2D eigenvalue weighted by atomic mass is 35.5. The Morgan fingerprint density at radius 1 is 1.04 bits per heavy atom. The van der Waals surface area contributed by atoms with Crippen molar-refractivity contribution in [3.8, 4) is 5.69 Å². The number of fused-ring (bicyclic) bond motifs is 1. The molecule has 5 nitrogen and oxygen atoms in total. The number of halogens is 1. The maximum Gasteiger partial charge on any atom is 0.354 e. The summed E-state index contributed by atoms with van der Waals surface area (Å²) in [5, 5.41) is 4.68. The SMILES string of the molecule is CC(Nc1nc(=O)n(-c2ccccc2)c2cc(Cl)ccc12)c1ccccn1. The lowest BCUT2D eigenvalue weighted by atomic mass is 10.1. The molecule has 2 heterocycles. The first-order valence-corrected chi connectivity index (χ1v) is 8.96. The third-order valence-corrected chi connectivity index (χ3v) is 4.59. The normalized spacial score (nSPS) is 12.1. The maximum absolute atomic E-state index is 12.8. The van der Waals surface area contributed by atoms with E-state index in [1.54, 1.807) is 22.9 Å². The van der Waals surface area contributed by atoms with Gasteiger partial charge in [-0.05, 0) is 49.4 Å². The largest absolute Gasteiger partial charge is 0.361 e. The lowest BCUT2D eigenvalue weighted by molar-refractivity contribution is 0.827. The Hall–Kier alpha value is -3.18. The molecule has 0 aliphatic heterocycles. The summed E-state index contributed by atoms with van der Waals surface area (Å²) in [5.74, 6) is 0.511. The Morgan fingerprint density at radius 2 is 1.81 bits per heavy atom. The van der Waals surface area contributed by atoms with Gasteiger partial charge in [0.2, 0.25) is 0 Å². The van der Waals surface area contributed by atoms with Crippen molar-refractivity contribution in [1.82, 2.24) is 14.5 Å². The van der Waals surface area contributed by atoms with Crippen LogP contribution in [0.25, 0.3) is 16.6 Å². The molecule has 0 aliphatic rings. The number of nitrogens with zero attached hydrogens (tertiary/aromatic N) is 3. The van der Waals surface area contributed by atoms with Crippen molar-refractivity contribution in [3.05, 3.63) is 94.1 Å². The monoisotopic (exact) mass is 376 g/mol. The van der Waals surface area contributed by atoms with E-state index in [2.05, 4.69) is 15.3 Å². The van der Waals surface area contributed by atoms with Crippen molar-refractivity contribution in [2.75, 3.05) is 5.32 Å². The van der Waals surface area contributed by atoms with Crippen LogP contribution in [-0.2, 0) is 0 Å². The average molecular weight is 377 g/mol. The highest BCUT2D eigenvalue weighted by Crippen LogP contribution is 2.27. The minimum Gasteiger partial charge on any atom is -0.361 e. The van der Waals surface area contributed by atoms with Crippen LogP contribution in [-0.4, -0.2) is 14.5 Å². The number of benzene rings is 2. The van der Waals surface area contributed by atoms with Gasteiger partial charge in [-0.15, -0.1) is 0 Å². The molecule has 0 spiro atoms. The van der Waals surface area contributed by atoms with Crippen LogP contribution in [0, 0.1) is 0 Å². The summed E-state index contributed by atoms with van der Waals surface area (Å²) in [4.78, 5) is 21.5. The van der Waals surface area contributed by atoms with Crippen molar-refractivity contribution < 1.29 is 0 Å². The Kier molecular flexibility index (Phi) is 4.60. The molecule has 1 N–H and O–H groups in total. The molecule has 0 saturated carbocycles. The van der Waals surface area contributed by atoms with E-state index in [0.29, 0.717) is 16.4 Å². The molecule has 0 amide bonds. The van der Waals surface area contributed by atoms with Gasteiger partial charge in [0, 0.05) is 16.6 Å². The van der Waals surface area contributed by atoms with Crippen LogP contribution in [0.4, 0.5) is 5.82 Å². The predicted octanol–water partition coefficient (Wildman–Crippen LogP) is 4.61. The van der Waals surface area contributed by atoms with Crippen molar-refractivity contribution >= 4 is 28.3 Å². The van der Waals surface area contributed by atoms with E-state index in [1.807, 2.05) is 61.5 Å². The third-order valence-electron chi connectivity index (χ3n) is 4.35. The van der Waals surface area contributed by atoms with Crippen LogP contribution >= 0.6 is 11.6 Å². The maximum atomic E-state index is 12.8. The van der Waals surface area contributed by atoms with Gasteiger partial charge in [0.15, 0.2) is 0 Å². The highest BCUT2D eigenvalue weighted by Gasteiger charge is 2.15. The molecule has 0 bridgehead atoms. The number of para-hydroxylation sites is 1. The van der Waals surface area contributed by atoms with Gasteiger partial charge in [-0.3, -0.25) is 9.55 Å². The first-order chi connectivity index (χ1) is 13.1. The van der Waals surface area contributed by atoms with Crippen LogP contribution in [0.1, 0.15) is 18.7 Å². The minimum absolute atomic E-state index is 0.107. The lowest BCUT2D eigenvalue weighted by Gasteiger charge is -2.17. The third kappa shape index (κ3) is 3.41. The second kappa shape index (κ2) is 7.21. The molecule has 0 aliphatic carbocycles. The van der Waals surface area contributed by atoms with Gasteiger partial charge in [-0.1, -0.05) is 35.9 Å². The molecule has 2 aromatic heterocycles. The van der Waals surface area contributed by atoms with Gasteiger partial charge in [-0.25, -0.2) is 4.79 Å². The van der Waals surface area contributed by atoms with Crippen LogP contribution < -0.4 is 11.0 Å². The second-order valence-corrected chi connectivity index (χ2v) is 6.63. The number of hydrogen-bond acceptors (Lipinski definition) is 4. The van der Waals surface area contributed by atoms with E-state index in [-0.39, 0.29) is 11.7 Å². The topological polar surface area (TPSA) is 59.8 Å². The fourth-order valence-corrected chi connectivity index (χ4v) is 3.21. The Bertz CT molecular complexity index is 1140. The van der Waals surface area contributed by atoms with Crippen molar-refractivity contribution in [2.24, 2.45) is 0 Å². The number of nitrogens with one attached hydrogen (secondary N) is 1. The van der Waals surface area contributed by atoms with Gasteiger partial charge >= 0.3 is 5.69 Å². The quantitative estimate of drug-likeness (QED) is 0.565. The van der Waals surface area contributed by atoms with Crippen LogP contribution in [0.5, 0.6) is 0 Å². The Labute approximate surface area is 161 Å². The molecule has 134 valence electrons. The van der Waals surface area contributed by atoms with Crippen LogP contribution in [0.3, 0.4) is 0 Å². The molecule has 1 unspecified atom stereocenters. The first kappa shape index (κ1) is 17.2. The summed E-state index contributed by atoms with van der Waals surface area (Å²) < 4.78 is 1.57. The fourth-order valence-electron chi connectivity index (χ4n) is 3.05. The van der Waals surface area contributed by atoms with Crippen molar-refractivity contribution in [3.63, 3.8) is 0 Å². The highest BCUT2D eigenvalue weighted by molar-refractivity contribution is 6.31. The summed E-state index contributed by atoms with van der Waals surface area (Å²) in [6.07, 6.45) is 1.74. The smallest absolute Gasteiger partial charge is 0.354 e. The van der Waals surface area contributed by atoms with Gasteiger partial charge in [0.1, 0.15) is 5.82 Å². The molecule has 2 aromatic carbocycles. The molecule has 0 saturated heterocycles. The first-order valence-electron chi connectivity index (χ1n) is 8.59. The number of anilines is 1. The van der Waals surface area contributed by atoms with E-state index in [9.17, 15) is 4.79 Å². The van der Waals surface area contributed by atoms with Crippen molar-refractivity contribution in [1.29, 1.82) is 0 Å². The molecule has 1 atom stereocenters. The molecule has 4 rings (SSSR count). The van der Waals surface area contributed by atoms with E-state index < -0.39 is 0 Å². The summed E-state index contributed by atoms with van der Waals surface area (Å²) >= 11 is 6.22. The van der Waals surface area contributed by atoms with Gasteiger partial charge in [0.05, 0.1) is 22.9 Å². The fraction of sp³-hybridized carbons (Fsp3) is 0.0952. The summed E-state index contributed by atoms with van der Waals surface area (Å²) in [6.45, 7) is 1.98. The molecule has 0 fully saturated rings. The molecular weight excluding hydrogens is 360 g/mol. The molecule has 4 aromatic rings. The number of rotatable bonds is 4. The van der Waals surface area contributed by atoms with Crippen LogP contribution in [0.2, 0.25) is 5.02 Å². The predicted molar refractivity (Wildman–Crippen MR) is 109 cm³/mol.